The van der Waals surface area contributed by atoms with Gasteiger partial charge >= 0.3 is 6.18 Å². The molecule has 126 valence electrons. The van der Waals surface area contributed by atoms with Crippen molar-refractivity contribution in [3.8, 4) is 0 Å². The molecule has 1 fully saturated rings. The Morgan fingerprint density at radius 2 is 1.96 bits per heavy atom. The van der Waals surface area contributed by atoms with E-state index in [1.165, 1.54) is 18.2 Å². The molecule has 2 unspecified atom stereocenters. The summed E-state index contributed by atoms with van der Waals surface area (Å²) in [6.07, 6.45) is -2.62. The zero-order valence-electron chi connectivity index (χ0n) is 13.1. The lowest BCUT2D eigenvalue weighted by Crippen LogP contribution is -2.29. The number of allylic oxidation sites excluding steroid dienone is 1. The largest absolute Gasteiger partial charge is 0.416 e. The van der Waals surface area contributed by atoms with Crippen LogP contribution in [0.15, 0.2) is 30.3 Å². The molecule has 1 saturated heterocycles. The monoisotopic (exact) mass is 327 g/mol. The predicted octanol–water partition coefficient (Wildman–Crippen LogP) is 3.34. The average molecular weight is 327 g/mol. The lowest BCUT2D eigenvalue weighted by molar-refractivity contribution is -0.137. The van der Waals surface area contributed by atoms with E-state index in [0.717, 1.165) is 18.6 Å². The minimum absolute atomic E-state index is 0.0822. The fourth-order valence-electron chi connectivity index (χ4n) is 2.66. The molecule has 6 heteroatoms. The molecule has 0 spiro atoms. The number of alkyl halides is 3. The number of rotatable bonds is 3. The predicted molar refractivity (Wildman–Crippen MR) is 81.5 cm³/mol. The highest BCUT2D eigenvalue weighted by Gasteiger charge is 2.30. The SMILES string of the molecule is C/C(=C/C(=O)N1CCC(C(C)O)C1)c1ccc(C(F)(F)F)cc1. The van der Waals surface area contributed by atoms with Gasteiger partial charge in [0.05, 0.1) is 11.7 Å². The molecule has 1 aliphatic rings. The van der Waals surface area contributed by atoms with Crippen LogP contribution in [0.5, 0.6) is 0 Å². The molecule has 2 atom stereocenters. The minimum Gasteiger partial charge on any atom is -0.393 e. The smallest absolute Gasteiger partial charge is 0.393 e. The van der Waals surface area contributed by atoms with E-state index < -0.39 is 17.8 Å². The van der Waals surface area contributed by atoms with Crippen molar-refractivity contribution in [3.05, 3.63) is 41.5 Å². The van der Waals surface area contributed by atoms with Crippen LogP contribution in [-0.2, 0) is 11.0 Å². The number of carbonyl (C=O) groups is 1. The summed E-state index contributed by atoms with van der Waals surface area (Å²) < 4.78 is 37.6. The summed E-state index contributed by atoms with van der Waals surface area (Å²) in [5.41, 5.74) is 0.488. The van der Waals surface area contributed by atoms with Crippen molar-refractivity contribution < 1.29 is 23.1 Å². The molecule has 1 heterocycles. The van der Waals surface area contributed by atoms with E-state index in [0.29, 0.717) is 24.2 Å². The molecule has 0 radical (unpaired) electrons. The maximum absolute atomic E-state index is 12.5. The van der Waals surface area contributed by atoms with Crippen LogP contribution < -0.4 is 0 Å². The van der Waals surface area contributed by atoms with Gasteiger partial charge in [0.1, 0.15) is 0 Å². The van der Waals surface area contributed by atoms with Crippen LogP contribution in [0.2, 0.25) is 0 Å². The van der Waals surface area contributed by atoms with Gasteiger partial charge < -0.3 is 10.0 Å². The fourth-order valence-corrected chi connectivity index (χ4v) is 2.66. The number of likely N-dealkylation sites (tertiary alicyclic amines) is 1. The van der Waals surface area contributed by atoms with Crippen LogP contribution in [0.3, 0.4) is 0 Å². The molecule has 1 amide bonds. The molecular weight excluding hydrogens is 307 g/mol. The number of amides is 1. The molecule has 1 N–H and O–H groups in total. The van der Waals surface area contributed by atoms with E-state index in [4.69, 9.17) is 0 Å². The quantitative estimate of drug-likeness (QED) is 0.865. The Labute approximate surface area is 133 Å². The normalized spacial score (nSPS) is 20.7. The Morgan fingerprint density at radius 1 is 1.35 bits per heavy atom. The molecule has 1 aliphatic heterocycles. The topological polar surface area (TPSA) is 40.5 Å². The summed E-state index contributed by atoms with van der Waals surface area (Å²) in [4.78, 5) is 13.9. The van der Waals surface area contributed by atoms with E-state index in [9.17, 15) is 23.1 Å². The van der Waals surface area contributed by atoms with Gasteiger partial charge in [-0.15, -0.1) is 0 Å². The molecule has 0 aromatic heterocycles. The third kappa shape index (κ3) is 4.34. The van der Waals surface area contributed by atoms with Crippen LogP contribution in [0, 0.1) is 5.92 Å². The maximum Gasteiger partial charge on any atom is 0.416 e. The number of halogens is 3. The first kappa shape index (κ1) is 17.5. The zero-order valence-corrected chi connectivity index (χ0v) is 13.1. The van der Waals surface area contributed by atoms with E-state index in [2.05, 4.69) is 0 Å². The summed E-state index contributed by atoms with van der Waals surface area (Å²) in [5.74, 6) is -0.0933. The van der Waals surface area contributed by atoms with Crippen molar-refractivity contribution in [2.75, 3.05) is 13.1 Å². The van der Waals surface area contributed by atoms with Gasteiger partial charge in [-0.05, 0) is 43.5 Å². The standard InChI is InChI=1S/C17H20F3NO2/c1-11(13-3-5-15(6-4-13)17(18,19)20)9-16(23)21-8-7-14(10-21)12(2)22/h3-6,9,12,14,22H,7-8,10H2,1-2H3/b11-9-. The molecule has 23 heavy (non-hydrogen) atoms. The van der Waals surface area contributed by atoms with Crippen LogP contribution in [-0.4, -0.2) is 35.1 Å². The number of aliphatic hydroxyl groups is 1. The highest BCUT2D eigenvalue weighted by Crippen LogP contribution is 2.30. The first-order valence-electron chi connectivity index (χ1n) is 7.51. The van der Waals surface area contributed by atoms with Crippen LogP contribution in [0.4, 0.5) is 13.2 Å². The Bertz CT molecular complexity index is 591. The Morgan fingerprint density at radius 3 is 2.43 bits per heavy atom. The second-order valence-corrected chi connectivity index (χ2v) is 5.98. The number of benzene rings is 1. The van der Waals surface area contributed by atoms with Crippen molar-refractivity contribution in [2.45, 2.75) is 32.5 Å². The second kappa shape index (κ2) is 6.74. The van der Waals surface area contributed by atoms with Gasteiger partial charge in [-0.3, -0.25) is 4.79 Å². The Kier molecular flexibility index (Phi) is 5.14. The lowest BCUT2D eigenvalue weighted by atomic mass is 10.0. The number of nitrogens with zero attached hydrogens (tertiary/aromatic N) is 1. The average Bonchev–Trinajstić information content (AvgIpc) is 2.96. The van der Waals surface area contributed by atoms with Crippen molar-refractivity contribution in [2.24, 2.45) is 5.92 Å². The maximum atomic E-state index is 12.5. The number of hydrogen-bond donors (Lipinski definition) is 1. The summed E-state index contributed by atoms with van der Waals surface area (Å²) in [5, 5.41) is 9.56. The van der Waals surface area contributed by atoms with Gasteiger partial charge in [0.15, 0.2) is 0 Å². The third-order valence-electron chi connectivity index (χ3n) is 4.23. The van der Waals surface area contributed by atoms with E-state index in [1.54, 1.807) is 18.7 Å². The fraction of sp³-hybridized carbons (Fsp3) is 0.471. The molecular formula is C17H20F3NO2. The zero-order chi connectivity index (χ0) is 17.2. The van der Waals surface area contributed by atoms with Crippen LogP contribution >= 0.6 is 0 Å². The summed E-state index contributed by atoms with van der Waals surface area (Å²) in [6, 6.07) is 4.75. The van der Waals surface area contributed by atoms with E-state index in [-0.39, 0.29) is 11.8 Å². The summed E-state index contributed by atoms with van der Waals surface area (Å²) >= 11 is 0. The molecule has 0 bridgehead atoms. The van der Waals surface area contributed by atoms with E-state index >= 15 is 0 Å². The number of hydrogen-bond acceptors (Lipinski definition) is 2. The number of carbonyl (C=O) groups excluding carboxylic acids is 1. The van der Waals surface area contributed by atoms with E-state index in [1.807, 2.05) is 0 Å². The lowest BCUT2D eigenvalue weighted by Gasteiger charge is -2.16. The highest BCUT2D eigenvalue weighted by atomic mass is 19.4. The van der Waals surface area contributed by atoms with Crippen LogP contribution in [0.25, 0.3) is 5.57 Å². The van der Waals surface area contributed by atoms with Gasteiger partial charge in [0, 0.05) is 25.1 Å². The van der Waals surface area contributed by atoms with Gasteiger partial charge in [-0.1, -0.05) is 12.1 Å². The highest BCUT2D eigenvalue weighted by molar-refractivity contribution is 5.95. The summed E-state index contributed by atoms with van der Waals surface area (Å²) in [6.45, 7) is 4.50. The van der Waals surface area contributed by atoms with Crippen molar-refractivity contribution in [1.29, 1.82) is 0 Å². The first-order valence-corrected chi connectivity index (χ1v) is 7.51. The van der Waals surface area contributed by atoms with Gasteiger partial charge in [-0.2, -0.15) is 13.2 Å². The Hall–Kier alpha value is -1.82. The number of aliphatic hydroxyl groups excluding tert-OH is 1. The first-order chi connectivity index (χ1) is 10.7. The minimum atomic E-state index is -4.36. The van der Waals surface area contributed by atoms with Crippen molar-refractivity contribution in [1.82, 2.24) is 4.90 Å². The molecule has 3 nitrogen and oxygen atoms in total. The molecule has 1 aromatic rings. The molecule has 0 aliphatic carbocycles. The van der Waals surface area contributed by atoms with Gasteiger partial charge in [0.2, 0.25) is 5.91 Å². The molecule has 2 rings (SSSR count). The summed E-state index contributed by atoms with van der Waals surface area (Å²) in [7, 11) is 0. The van der Waals surface area contributed by atoms with Crippen LogP contribution in [0.1, 0.15) is 31.4 Å². The second-order valence-electron chi connectivity index (χ2n) is 5.98. The van der Waals surface area contributed by atoms with Crippen molar-refractivity contribution in [3.63, 3.8) is 0 Å². The van der Waals surface area contributed by atoms with Crippen molar-refractivity contribution >= 4 is 11.5 Å². The molecule has 0 saturated carbocycles. The Balaban J connectivity index is 2.06. The third-order valence-corrected chi connectivity index (χ3v) is 4.23. The van der Waals surface area contributed by atoms with Gasteiger partial charge in [-0.25, -0.2) is 0 Å². The molecule has 1 aromatic carbocycles. The van der Waals surface area contributed by atoms with Gasteiger partial charge in [0.25, 0.3) is 0 Å².